The molecule has 0 spiro atoms. The number of benzene rings is 1. The lowest BCUT2D eigenvalue weighted by atomic mass is 10.2. The van der Waals surface area contributed by atoms with Gasteiger partial charge in [-0.3, -0.25) is 9.59 Å². The van der Waals surface area contributed by atoms with Gasteiger partial charge in [0.25, 0.3) is 5.91 Å². The fourth-order valence-electron chi connectivity index (χ4n) is 2.61. The predicted molar refractivity (Wildman–Crippen MR) is 89.7 cm³/mol. The zero-order valence-corrected chi connectivity index (χ0v) is 13.0. The maximum absolute atomic E-state index is 12.0. The topological polar surface area (TPSA) is 66.9 Å². The minimum atomic E-state index is -0.185. The third-order valence-corrected chi connectivity index (χ3v) is 3.88. The van der Waals surface area contributed by atoms with E-state index in [1.165, 1.54) is 17.8 Å². The van der Waals surface area contributed by atoms with Gasteiger partial charge in [-0.15, -0.1) is 0 Å². The summed E-state index contributed by atoms with van der Waals surface area (Å²) in [7, 11) is 0. The van der Waals surface area contributed by atoms with Crippen LogP contribution in [0.1, 0.15) is 34.2 Å². The van der Waals surface area contributed by atoms with E-state index in [0.717, 1.165) is 13.0 Å². The highest BCUT2D eigenvalue weighted by Gasteiger charge is 2.10. The Morgan fingerprint density at radius 2 is 2.04 bits per heavy atom. The number of fused-ring (bicyclic) bond motifs is 1. The van der Waals surface area contributed by atoms with E-state index in [2.05, 4.69) is 39.3 Å². The van der Waals surface area contributed by atoms with Crippen LogP contribution in [0.2, 0.25) is 0 Å². The fourth-order valence-corrected chi connectivity index (χ4v) is 2.61. The molecule has 3 aromatic rings. The number of nitrogens with zero attached hydrogens (tertiary/aromatic N) is 1. The minimum Gasteiger partial charge on any atom is -0.356 e. The molecule has 1 amide bonds. The lowest BCUT2D eigenvalue weighted by Crippen LogP contribution is -2.25. The van der Waals surface area contributed by atoms with Crippen LogP contribution in [0.25, 0.3) is 10.9 Å². The third kappa shape index (κ3) is 3.34. The normalized spacial score (nSPS) is 10.8. The summed E-state index contributed by atoms with van der Waals surface area (Å²) in [5.74, 6) is -0.241. The van der Waals surface area contributed by atoms with E-state index in [4.69, 9.17) is 0 Å². The quantitative estimate of drug-likeness (QED) is 0.543. The van der Waals surface area contributed by atoms with Crippen molar-refractivity contribution in [2.24, 2.45) is 0 Å². The lowest BCUT2D eigenvalue weighted by molar-refractivity contribution is 0.0948. The smallest absolute Gasteiger partial charge is 0.267 e. The predicted octanol–water partition coefficient (Wildman–Crippen LogP) is 2.99. The number of Topliss-reactive ketones (excluding diaryl/α,β-unsaturated/α-hetero) is 1. The number of aromatic nitrogens is 2. The highest BCUT2D eigenvalue weighted by atomic mass is 16.2. The Kier molecular flexibility index (Phi) is 4.28. The van der Waals surface area contributed by atoms with Crippen LogP contribution in [-0.4, -0.2) is 27.8 Å². The van der Waals surface area contributed by atoms with E-state index in [0.29, 0.717) is 17.8 Å². The summed E-state index contributed by atoms with van der Waals surface area (Å²) in [6, 6.07) is 11.9. The van der Waals surface area contributed by atoms with E-state index in [1.807, 2.05) is 12.1 Å². The molecule has 2 N–H and O–H groups in total. The molecule has 118 valence electrons. The fraction of sp³-hybridized carbons (Fsp3) is 0.222. The van der Waals surface area contributed by atoms with Crippen molar-refractivity contribution < 1.29 is 9.59 Å². The van der Waals surface area contributed by atoms with Crippen molar-refractivity contribution in [2.75, 3.05) is 6.54 Å². The molecule has 0 aliphatic carbocycles. The van der Waals surface area contributed by atoms with Crippen LogP contribution in [0.3, 0.4) is 0 Å². The van der Waals surface area contributed by atoms with Gasteiger partial charge in [0.1, 0.15) is 5.69 Å². The van der Waals surface area contributed by atoms with Crippen molar-refractivity contribution in [1.29, 1.82) is 0 Å². The Morgan fingerprint density at radius 3 is 2.83 bits per heavy atom. The molecular weight excluding hydrogens is 290 g/mol. The Balaban J connectivity index is 1.51. The van der Waals surface area contributed by atoms with Crippen molar-refractivity contribution in [2.45, 2.75) is 19.9 Å². The van der Waals surface area contributed by atoms with Crippen molar-refractivity contribution >= 4 is 22.6 Å². The lowest BCUT2D eigenvalue weighted by Gasteiger charge is -2.06. The first-order valence-corrected chi connectivity index (χ1v) is 7.66. The molecule has 2 heterocycles. The zero-order chi connectivity index (χ0) is 16.2. The second-order valence-electron chi connectivity index (χ2n) is 5.54. The van der Waals surface area contributed by atoms with Gasteiger partial charge in [-0.1, -0.05) is 18.2 Å². The van der Waals surface area contributed by atoms with E-state index in [9.17, 15) is 9.59 Å². The molecule has 0 unspecified atom stereocenters. The summed E-state index contributed by atoms with van der Waals surface area (Å²) >= 11 is 0. The van der Waals surface area contributed by atoms with Crippen LogP contribution in [0, 0.1) is 0 Å². The number of para-hydroxylation sites is 1. The van der Waals surface area contributed by atoms with Crippen molar-refractivity contribution in [3.63, 3.8) is 0 Å². The SMILES string of the molecule is CC(=O)c1c[nH]c(C(=O)NCCCn2ccc3ccccc32)c1. The van der Waals surface area contributed by atoms with Gasteiger partial charge in [0.15, 0.2) is 5.78 Å². The van der Waals surface area contributed by atoms with E-state index < -0.39 is 0 Å². The molecule has 0 fully saturated rings. The highest BCUT2D eigenvalue weighted by Crippen LogP contribution is 2.15. The van der Waals surface area contributed by atoms with Gasteiger partial charge in [-0.05, 0) is 36.9 Å². The van der Waals surface area contributed by atoms with Crippen molar-refractivity contribution in [3.8, 4) is 0 Å². The molecule has 0 bridgehead atoms. The van der Waals surface area contributed by atoms with Gasteiger partial charge in [-0.25, -0.2) is 0 Å². The Bertz CT molecular complexity index is 845. The number of hydrogen-bond acceptors (Lipinski definition) is 2. The number of ketones is 1. The Hall–Kier alpha value is -2.82. The zero-order valence-electron chi connectivity index (χ0n) is 13.0. The number of aromatic amines is 1. The van der Waals surface area contributed by atoms with Gasteiger partial charge in [0.2, 0.25) is 0 Å². The summed E-state index contributed by atoms with van der Waals surface area (Å²) in [5, 5.41) is 4.09. The summed E-state index contributed by atoms with van der Waals surface area (Å²) in [6.07, 6.45) is 4.46. The van der Waals surface area contributed by atoms with E-state index in [-0.39, 0.29) is 11.7 Å². The average Bonchev–Trinajstić information content (AvgIpc) is 3.19. The van der Waals surface area contributed by atoms with Gasteiger partial charge in [0.05, 0.1) is 0 Å². The maximum Gasteiger partial charge on any atom is 0.267 e. The van der Waals surface area contributed by atoms with Gasteiger partial charge < -0.3 is 14.9 Å². The summed E-state index contributed by atoms with van der Waals surface area (Å²) in [5.41, 5.74) is 2.14. The number of H-pyrrole nitrogens is 1. The first-order valence-electron chi connectivity index (χ1n) is 7.66. The molecule has 1 aromatic carbocycles. The number of hydrogen-bond donors (Lipinski definition) is 2. The first-order chi connectivity index (χ1) is 11.1. The number of aryl methyl sites for hydroxylation is 1. The monoisotopic (exact) mass is 309 g/mol. The molecule has 0 aliphatic rings. The van der Waals surface area contributed by atoms with Gasteiger partial charge >= 0.3 is 0 Å². The largest absolute Gasteiger partial charge is 0.356 e. The molecule has 3 rings (SSSR count). The average molecular weight is 309 g/mol. The molecule has 0 saturated carbocycles. The first kappa shape index (κ1) is 15.1. The minimum absolute atomic E-state index is 0.0558. The molecule has 5 nitrogen and oxygen atoms in total. The number of amides is 1. The summed E-state index contributed by atoms with van der Waals surface area (Å²) in [6.45, 7) is 2.91. The second kappa shape index (κ2) is 6.52. The van der Waals surface area contributed by atoms with Crippen LogP contribution in [0.4, 0.5) is 0 Å². The summed E-state index contributed by atoms with van der Waals surface area (Å²) < 4.78 is 2.18. The van der Waals surface area contributed by atoms with Crippen LogP contribution < -0.4 is 5.32 Å². The molecule has 23 heavy (non-hydrogen) atoms. The van der Waals surface area contributed by atoms with Gasteiger partial charge in [0, 0.05) is 36.6 Å². The summed E-state index contributed by atoms with van der Waals surface area (Å²) in [4.78, 5) is 26.0. The van der Waals surface area contributed by atoms with Crippen LogP contribution in [0.5, 0.6) is 0 Å². The Labute approximate surface area is 134 Å². The highest BCUT2D eigenvalue weighted by molar-refractivity contribution is 5.99. The van der Waals surface area contributed by atoms with Crippen LogP contribution in [-0.2, 0) is 6.54 Å². The molecule has 2 aromatic heterocycles. The number of nitrogens with one attached hydrogen (secondary N) is 2. The van der Waals surface area contributed by atoms with Gasteiger partial charge in [-0.2, -0.15) is 0 Å². The molecule has 0 atom stereocenters. The van der Waals surface area contributed by atoms with Crippen molar-refractivity contribution in [3.05, 3.63) is 60.0 Å². The molecule has 0 radical (unpaired) electrons. The molecule has 5 heteroatoms. The van der Waals surface area contributed by atoms with Crippen LogP contribution in [0.15, 0.2) is 48.8 Å². The number of carbonyl (C=O) groups excluding carboxylic acids is 2. The molecule has 0 aliphatic heterocycles. The van der Waals surface area contributed by atoms with Crippen LogP contribution >= 0.6 is 0 Å². The second-order valence-corrected chi connectivity index (χ2v) is 5.54. The van der Waals surface area contributed by atoms with Crippen molar-refractivity contribution in [1.82, 2.24) is 14.9 Å². The molecule has 0 saturated heterocycles. The Morgan fingerprint density at radius 1 is 1.22 bits per heavy atom. The molecular formula is C18H19N3O2. The number of rotatable bonds is 6. The number of carbonyl (C=O) groups is 2. The van der Waals surface area contributed by atoms with E-state index >= 15 is 0 Å². The maximum atomic E-state index is 12.0. The third-order valence-electron chi connectivity index (χ3n) is 3.88. The standard InChI is InChI=1S/C18H19N3O2/c1-13(22)15-11-16(20-12-15)18(23)19-8-4-9-21-10-7-14-5-2-3-6-17(14)21/h2-3,5-7,10-12,20H,4,8-9H2,1H3,(H,19,23). The van der Waals surface area contributed by atoms with E-state index in [1.54, 1.807) is 12.3 Å².